The minimum absolute atomic E-state index is 0.0397. The molecule has 9 nitrogen and oxygen atoms in total. The molecule has 0 spiro atoms. The number of carbonyl (C=O) groups is 2. The second kappa shape index (κ2) is 5.83. The van der Waals surface area contributed by atoms with Gasteiger partial charge in [0, 0.05) is 25.5 Å². The van der Waals surface area contributed by atoms with E-state index in [0.717, 1.165) is 19.3 Å². The van der Waals surface area contributed by atoms with Crippen molar-refractivity contribution in [3.05, 3.63) is 18.0 Å². The van der Waals surface area contributed by atoms with Crippen molar-refractivity contribution in [1.82, 2.24) is 20.3 Å². The molecule has 0 aromatic carbocycles. The molecule has 4 rings (SSSR count). The van der Waals surface area contributed by atoms with E-state index >= 15 is 0 Å². The van der Waals surface area contributed by atoms with Crippen LogP contribution < -0.4 is 10.4 Å². The molecule has 2 saturated heterocycles. The predicted octanol–water partition coefficient (Wildman–Crippen LogP) is 1.10. The summed E-state index contributed by atoms with van der Waals surface area (Å²) in [6, 6.07) is -0.0397. The number of hydrogen-bond donors (Lipinski definition) is 3. The molecule has 3 fully saturated rings. The lowest BCUT2D eigenvalue weighted by Crippen LogP contribution is -2.59. The Kier molecular flexibility index (Phi) is 3.75. The highest BCUT2D eigenvalue weighted by molar-refractivity contribution is 5.92. The van der Waals surface area contributed by atoms with Crippen LogP contribution >= 0.6 is 0 Å². The Labute approximate surface area is 144 Å². The van der Waals surface area contributed by atoms with Crippen LogP contribution in [0.4, 0.5) is 10.7 Å². The van der Waals surface area contributed by atoms with Crippen LogP contribution in [0.3, 0.4) is 0 Å². The Morgan fingerprint density at radius 1 is 1.24 bits per heavy atom. The van der Waals surface area contributed by atoms with E-state index in [0.29, 0.717) is 25.0 Å². The van der Waals surface area contributed by atoms with Gasteiger partial charge >= 0.3 is 6.09 Å². The summed E-state index contributed by atoms with van der Waals surface area (Å²) < 4.78 is 0. The Morgan fingerprint density at radius 3 is 2.52 bits per heavy atom. The molecule has 134 valence electrons. The van der Waals surface area contributed by atoms with E-state index in [9.17, 15) is 14.7 Å². The maximum Gasteiger partial charge on any atom is 0.407 e. The summed E-state index contributed by atoms with van der Waals surface area (Å²) in [5.41, 5.74) is 1.49. The van der Waals surface area contributed by atoms with Gasteiger partial charge in [-0.3, -0.25) is 10.0 Å². The number of piperazine rings is 1. The van der Waals surface area contributed by atoms with Crippen molar-refractivity contribution in [2.24, 2.45) is 5.92 Å². The molecule has 2 aliphatic heterocycles. The van der Waals surface area contributed by atoms with Gasteiger partial charge in [-0.2, -0.15) is 0 Å². The van der Waals surface area contributed by atoms with Crippen LogP contribution in [0.15, 0.2) is 12.4 Å². The number of carboxylic acid groups (broad SMARTS) is 1. The van der Waals surface area contributed by atoms with Gasteiger partial charge in [0.15, 0.2) is 0 Å². The van der Waals surface area contributed by atoms with E-state index < -0.39 is 12.0 Å². The molecule has 3 N–H and O–H groups in total. The number of anilines is 1. The molecule has 3 aliphatic rings. The van der Waals surface area contributed by atoms with E-state index in [1.54, 1.807) is 10.4 Å². The third kappa shape index (κ3) is 2.41. The fraction of sp³-hybridized carbons (Fsp3) is 0.625. The minimum Gasteiger partial charge on any atom is -0.465 e. The van der Waals surface area contributed by atoms with Crippen molar-refractivity contribution in [2.75, 3.05) is 18.0 Å². The van der Waals surface area contributed by atoms with Crippen LogP contribution in [-0.4, -0.2) is 61.9 Å². The lowest BCUT2D eigenvalue weighted by atomic mass is 9.81. The minimum atomic E-state index is -0.861. The van der Waals surface area contributed by atoms with E-state index in [1.165, 1.54) is 25.2 Å². The summed E-state index contributed by atoms with van der Waals surface area (Å²) in [6.45, 7) is 1.06. The topological polar surface area (TPSA) is 119 Å². The molecule has 1 aromatic rings. The van der Waals surface area contributed by atoms with E-state index in [4.69, 9.17) is 5.21 Å². The maximum atomic E-state index is 11.6. The van der Waals surface area contributed by atoms with Crippen molar-refractivity contribution in [3.63, 3.8) is 0 Å². The SMILES string of the molecule is O=C(NO)c1cnc(N2CC3CC2(C2CCCC2)CN3C(=O)O)nc1. The molecule has 25 heavy (non-hydrogen) atoms. The number of hydrogen-bond acceptors (Lipinski definition) is 6. The largest absolute Gasteiger partial charge is 0.465 e. The zero-order valence-corrected chi connectivity index (χ0v) is 13.8. The Morgan fingerprint density at radius 2 is 1.92 bits per heavy atom. The highest BCUT2D eigenvalue weighted by atomic mass is 16.5. The third-order valence-electron chi connectivity index (χ3n) is 6.01. The van der Waals surface area contributed by atoms with Crippen LogP contribution in [0.25, 0.3) is 0 Å². The second-order valence-electron chi connectivity index (χ2n) is 7.18. The van der Waals surface area contributed by atoms with Gasteiger partial charge in [-0.15, -0.1) is 0 Å². The first kappa shape index (κ1) is 16.1. The van der Waals surface area contributed by atoms with Crippen molar-refractivity contribution < 1.29 is 19.9 Å². The maximum absolute atomic E-state index is 11.6. The number of hydroxylamine groups is 1. The fourth-order valence-electron chi connectivity index (χ4n) is 4.88. The van der Waals surface area contributed by atoms with Gasteiger partial charge in [0.2, 0.25) is 5.95 Å². The summed E-state index contributed by atoms with van der Waals surface area (Å²) in [4.78, 5) is 35.3. The van der Waals surface area contributed by atoms with Gasteiger partial charge in [0.05, 0.1) is 17.1 Å². The van der Waals surface area contributed by atoms with Gasteiger partial charge in [-0.1, -0.05) is 12.8 Å². The van der Waals surface area contributed by atoms with Gasteiger partial charge in [0.25, 0.3) is 5.91 Å². The lowest BCUT2D eigenvalue weighted by molar-refractivity contribution is 0.0705. The number of nitrogens with one attached hydrogen (secondary N) is 1. The van der Waals surface area contributed by atoms with Crippen molar-refractivity contribution in [1.29, 1.82) is 0 Å². The average Bonchev–Trinajstić information content (AvgIpc) is 3.35. The van der Waals surface area contributed by atoms with E-state index in [-0.39, 0.29) is 17.1 Å². The smallest absolute Gasteiger partial charge is 0.407 e. The molecule has 3 heterocycles. The van der Waals surface area contributed by atoms with Crippen LogP contribution in [0.5, 0.6) is 0 Å². The fourth-order valence-corrected chi connectivity index (χ4v) is 4.88. The summed E-state index contributed by atoms with van der Waals surface area (Å²) in [7, 11) is 0. The van der Waals surface area contributed by atoms with E-state index in [1.807, 2.05) is 0 Å². The standard InChI is InChI=1S/C16H21N5O4/c22-13(19-25)10-6-17-14(18-7-10)21-8-12-5-16(21,9-20(12)15(23)24)11-3-1-2-4-11/h6-7,11-12,25H,1-5,8-9H2,(H,19,22)(H,23,24). The quantitative estimate of drug-likeness (QED) is 0.553. The summed E-state index contributed by atoms with van der Waals surface area (Å²) in [5, 5.41) is 18.2. The number of aromatic nitrogens is 2. The van der Waals surface area contributed by atoms with Crippen LogP contribution in [-0.2, 0) is 0 Å². The molecule has 1 saturated carbocycles. The third-order valence-corrected chi connectivity index (χ3v) is 6.01. The summed E-state index contributed by atoms with van der Waals surface area (Å²) in [5.74, 6) is 0.303. The molecule has 9 heteroatoms. The number of fused-ring (bicyclic) bond motifs is 2. The Balaban J connectivity index is 1.65. The van der Waals surface area contributed by atoms with Crippen LogP contribution in [0, 0.1) is 5.92 Å². The second-order valence-corrected chi connectivity index (χ2v) is 7.18. The van der Waals surface area contributed by atoms with E-state index in [2.05, 4.69) is 14.9 Å². The number of likely N-dealkylation sites (tertiary alicyclic amines) is 1. The average molecular weight is 347 g/mol. The summed E-state index contributed by atoms with van der Waals surface area (Å²) >= 11 is 0. The highest BCUT2D eigenvalue weighted by Crippen LogP contribution is 2.50. The normalized spacial score (nSPS) is 28.6. The first-order valence-corrected chi connectivity index (χ1v) is 8.59. The molecule has 2 bridgehead atoms. The lowest BCUT2D eigenvalue weighted by Gasteiger charge is -2.45. The molecule has 0 radical (unpaired) electrons. The predicted molar refractivity (Wildman–Crippen MR) is 86.5 cm³/mol. The Bertz CT molecular complexity index is 690. The number of carbonyl (C=O) groups excluding carboxylic acids is 1. The summed E-state index contributed by atoms with van der Waals surface area (Å²) in [6.07, 6.45) is 7.27. The van der Waals surface area contributed by atoms with Gasteiger partial charge in [-0.05, 0) is 25.2 Å². The monoisotopic (exact) mass is 347 g/mol. The molecule has 2 amide bonds. The molecule has 2 atom stereocenters. The van der Waals surface area contributed by atoms with Gasteiger partial charge in [0.1, 0.15) is 0 Å². The molecule has 1 aromatic heterocycles. The van der Waals surface area contributed by atoms with Crippen molar-refractivity contribution >= 4 is 17.9 Å². The van der Waals surface area contributed by atoms with Gasteiger partial charge in [-0.25, -0.2) is 20.2 Å². The van der Waals surface area contributed by atoms with Crippen LogP contribution in [0.1, 0.15) is 42.5 Å². The number of rotatable bonds is 3. The molecule has 2 unspecified atom stereocenters. The zero-order chi connectivity index (χ0) is 17.6. The molecular formula is C16H21N5O4. The first-order chi connectivity index (χ1) is 12.0. The first-order valence-electron chi connectivity index (χ1n) is 8.59. The van der Waals surface area contributed by atoms with Gasteiger partial charge < -0.3 is 14.9 Å². The number of nitrogens with zero attached hydrogens (tertiary/aromatic N) is 4. The molecule has 1 aliphatic carbocycles. The number of amides is 2. The molecular weight excluding hydrogens is 326 g/mol. The Hall–Kier alpha value is -2.42. The van der Waals surface area contributed by atoms with Crippen molar-refractivity contribution in [3.8, 4) is 0 Å². The van der Waals surface area contributed by atoms with Crippen LogP contribution in [0.2, 0.25) is 0 Å². The van der Waals surface area contributed by atoms with Crippen molar-refractivity contribution in [2.45, 2.75) is 43.7 Å². The highest BCUT2D eigenvalue weighted by Gasteiger charge is 2.60. The zero-order valence-electron chi connectivity index (χ0n) is 13.8.